The average molecular weight is 546 g/mol. The Morgan fingerprint density at radius 2 is 1.17 bits per heavy atom. The molecule has 0 aliphatic rings. The van der Waals surface area contributed by atoms with Crippen LogP contribution in [0.2, 0.25) is 0 Å². The minimum atomic E-state index is -5.42. The Balaban J connectivity index is 0.0000116. The minimum absolute atomic E-state index is 0. The predicted octanol–water partition coefficient (Wildman–Crippen LogP) is 5.82. The second-order valence-electron chi connectivity index (χ2n) is 7.79. The van der Waals surface area contributed by atoms with Crippen LogP contribution in [0.25, 0.3) is 0 Å². The number of esters is 1. The average Bonchev–Trinajstić information content (AvgIpc) is 2.69. The molecule has 1 aromatic rings. The summed E-state index contributed by atoms with van der Waals surface area (Å²) >= 11 is 0. The van der Waals surface area contributed by atoms with E-state index in [2.05, 4.69) is 0 Å². The summed E-state index contributed by atoms with van der Waals surface area (Å²) in [5, 5.41) is 0. The van der Waals surface area contributed by atoms with Crippen LogP contribution in [0.3, 0.4) is 0 Å². The number of hydrogen-bond acceptors (Lipinski definition) is 5. The van der Waals surface area contributed by atoms with E-state index in [1.807, 2.05) is 0 Å². The molecule has 0 unspecified atom stereocenters. The number of hydrogen-bond donors (Lipinski definition) is 1. The molecule has 0 amide bonds. The SMILES string of the molecule is O=C(CCCCCCCCCCCCN(C(F)(F)F)C(F)(F)F)Oc1ccc(S(=O)(=O)O)cc1.[NaH]. The van der Waals surface area contributed by atoms with E-state index in [1.165, 1.54) is 12.1 Å². The van der Waals surface area contributed by atoms with Crippen molar-refractivity contribution in [1.82, 2.24) is 4.90 Å². The van der Waals surface area contributed by atoms with Crippen molar-refractivity contribution in [2.24, 2.45) is 0 Å². The van der Waals surface area contributed by atoms with E-state index in [1.54, 1.807) is 0 Å². The summed E-state index contributed by atoms with van der Waals surface area (Å²) in [5.41, 5.74) is 0. The van der Waals surface area contributed by atoms with Crippen LogP contribution in [0, 0.1) is 0 Å². The van der Waals surface area contributed by atoms with Crippen LogP contribution < -0.4 is 4.74 Å². The van der Waals surface area contributed by atoms with Crippen molar-refractivity contribution >= 4 is 45.6 Å². The first-order chi connectivity index (χ1) is 15.7. The number of nitrogens with zero attached hydrogens (tertiary/aromatic N) is 1. The van der Waals surface area contributed by atoms with Crippen molar-refractivity contribution in [1.29, 1.82) is 0 Å². The Labute approximate surface area is 223 Å². The van der Waals surface area contributed by atoms with Gasteiger partial charge in [-0.3, -0.25) is 9.35 Å². The fraction of sp³-hybridized carbons (Fsp3) is 0.667. The van der Waals surface area contributed by atoms with Gasteiger partial charge in [-0.25, -0.2) is 0 Å². The normalized spacial score (nSPS) is 12.5. The quantitative estimate of drug-likeness (QED) is 0.0569. The topological polar surface area (TPSA) is 83.9 Å². The monoisotopic (exact) mass is 545 g/mol. The molecule has 0 heterocycles. The number of rotatable bonds is 15. The molecule has 0 bridgehead atoms. The maximum absolute atomic E-state index is 12.4. The molecule has 1 rings (SSSR count). The van der Waals surface area contributed by atoms with Gasteiger partial charge in [-0.15, -0.1) is 4.90 Å². The Morgan fingerprint density at radius 1 is 0.771 bits per heavy atom. The fourth-order valence-electron chi connectivity index (χ4n) is 3.21. The van der Waals surface area contributed by atoms with Crippen LogP contribution in [-0.2, 0) is 14.9 Å². The molecule has 0 aliphatic carbocycles. The van der Waals surface area contributed by atoms with Crippen LogP contribution in [-0.4, -0.2) is 72.5 Å². The molecular formula is C21H30F6NNaO5S. The van der Waals surface area contributed by atoms with Crippen molar-refractivity contribution in [3.05, 3.63) is 24.3 Å². The standard InChI is InChI=1S/C21H29F6NO5S.Na.H/c22-20(23,24)28(21(25,26)27)16-10-8-6-4-2-1-3-5-7-9-11-19(29)33-17-12-14-18(15-13-17)34(30,31)32;;/h12-15H,1-11,16H2,(H,30,31,32);;. The van der Waals surface area contributed by atoms with Gasteiger partial charge in [-0.1, -0.05) is 51.4 Å². The van der Waals surface area contributed by atoms with Crippen LogP contribution in [0.15, 0.2) is 29.2 Å². The molecule has 1 N–H and O–H groups in total. The molecule has 1 aromatic carbocycles. The molecule has 0 saturated carbocycles. The third-order valence-electron chi connectivity index (χ3n) is 4.98. The first kappa shape index (κ1) is 34.1. The first-order valence-electron chi connectivity index (χ1n) is 10.9. The van der Waals surface area contributed by atoms with Gasteiger partial charge >= 0.3 is 48.1 Å². The number of halogens is 6. The second-order valence-corrected chi connectivity index (χ2v) is 9.21. The number of ether oxygens (including phenoxy) is 1. The van der Waals surface area contributed by atoms with Crippen molar-refractivity contribution in [2.45, 2.75) is 88.1 Å². The van der Waals surface area contributed by atoms with Crippen molar-refractivity contribution in [3.63, 3.8) is 0 Å². The number of unbranched alkanes of at least 4 members (excludes halogenated alkanes) is 9. The van der Waals surface area contributed by atoms with Gasteiger partial charge in [0.2, 0.25) is 0 Å². The molecule has 0 aromatic heterocycles. The molecule has 6 nitrogen and oxygen atoms in total. The van der Waals surface area contributed by atoms with E-state index < -0.39 is 40.1 Å². The summed E-state index contributed by atoms with van der Waals surface area (Å²) in [5.74, 6) is -0.295. The van der Waals surface area contributed by atoms with Gasteiger partial charge in [0.05, 0.1) is 4.90 Å². The van der Waals surface area contributed by atoms with Crippen molar-refractivity contribution in [3.8, 4) is 5.75 Å². The summed E-state index contributed by atoms with van der Waals surface area (Å²) in [4.78, 5) is 10.1. The van der Waals surface area contributed by atoms with E-state index in [0.29, 0.717) is 19.3 Å². The zero-order valence-corrected chi connectivity index (χ0v) is 19.3. The van der Waals surface area contributed by atoms with Gasteiger partial charge in [-0.2, -0.15) is 34.8 Å². The van der Waals surface area contributed by atoms with Gasteiger partial charge in [-0.05, 0) is 37.1 Å². The first-order valence-corrected chi connectivity index (χ1v) is 12.3. The molecule has 0 spiro atoms. The van der Waals surface area contributed by atoms with E-state index in [9.17, 15) is 39.6 Å². The van der Waals surface area contributed by atoms with Crippen molar-refractivity contribution in [2.75, 3.05) is 6.54 Å². The molecule has 0 fully saturated rings. The van der Waals surface area contributed by atoms with Gasteiger partial charge < -0.3 is 4.74 Å². The summed E-state index contributed by atoms with van der Waals surface area (Å²) < 4.78 is 110. The predicted molar refractivity (Wildman–Crippen MR) is 119 cm³/mol. The van der Waals surface area contributed by atoms with Crippen LogP contribution in [0.4, 0.5) is 26.3 Å². The van der Waals surface area contributed by atoms with E-state index in [4.69, 9.17) is 9.29 Å². The number of benzene rings is 1. The van der Waals surface area contributed by atoms with Crippen LogP contribution >= 0.6 is 0 Å². The molecule has 198 valence electrons. The summed E-state index contributed by atoms with van der Waals surface area (Å²) in [6.07, 6.45) is -4.33. The van der Waals surface area contributed by atoms with E-state index in [0.717, 1.165) is 50.7 Å². The fourth-order valence-corrected chi connectivity index (χ4v) is 3.69. The Bertz CT molecular complexity index is 833. The zero-order valence-electron chi connectivity index (χ0n) is 18.5. The molecule has 14 heteroatoms. The Hall–Kier alpha value is -0.860. The third-order valence-corrected chi connectivity index (χ3v) is 5.85. The summed E-state index contributed by atoms with van der Waals surface area (Å²) in [6.45, 7) is -1.09. The summed E-state index contributed by atoms with van der Waals surface area (Å²) in [7, 11) is -4.31. The van der Waals surface area contributed by atoms with E-state index in [-0.39, 0.29) is 53.0 Å². The van der Waals surface area contributed by atoms with Gasteiger partial charge in [0.1, 0.15) is 5.75 Å². The van der Waals surface area contributed by atoms with Crippen LogP contribution in [0.5, 0.6) is 5.75 Å². The Kier molecular flexibility index (Phi) is 15.7. The molecule has 35 heavy (non-hydrogen) atoms. The Morgan fingerprint density at radius 3 is 1.57 bits per heavy atom. The molecule has 0 atom stereocenters. The molecular weight excluding hydrogens is 515 g/mol. The van der Waals surface area contributed by atoms with Gasteiger partial charge in [0, 0.05) is 13.0 Å². The number of alkyl halides is 6. The van der Waals surface area contributed by atoms with Gasteiger partial charge in [0.15, 0.2) is 0 Å². The maximum atomic E-state index is 12.4. The zero-order chi connectivity index (χ0) is 25.8. The molecule has 0 saturated heterocycles. The van der Waals surface area contributed by atoms with Gasteiger partial charge in [0.25, 0.3) is 10.1 Å². The van der Waals surface area contributed by atoms with Crippen LogP contribution in [0.1, 0.15) is 70.6 Å². The third kappa shape index (κ3) is 15.1. The second kappa shape index (κ2) is 16.1. The molecule has 0 radical (unpaired) electrons. The number of carbonyl (C=O) groups excluding carboxylic acids is 1. The van der Waals surface area contributed by atoms with Crippen molar-refractivity contribution < 1.29 is 48.8 Å². The summed E-state index contributed by atoms with van der Waals surface area (Å²) in [6, 6.07) is 4.78. The number of carbonyl (C=O) groups is 1. The molecule has 0 aliphatic heterocycles. The van der Waals surface area contributed by atoms with E-state index >= 15 is 0 Å².